The summed E-state index contributed by atoms with van der Waals surface area (Å²) in [6, 6.07) is 11.0. The molecular weight excluding hydrogens is 216 g/mol. The van der Waals surface area contributed by atoms with Crippen molar-refractivity contribution in [3.05, 3.63) is 42.0 Å². The Kier molecular flexibility index (Phi) is 3.19. The maximum absolute atomic E-state index is 11.7. The molecular formula is C14H12O3. The first-order valence-electron chi connectivity index (χ1n) is 5.42. The number of hydrogen-bond acceptors (Lipinski definition) is 3. The van der Waals surface area contributed by atoms with Gasteiger partial charge >= 0.3 is 0 Å². The van der Waals surface area contributed by atoms with Gasteiger partial charge in [-0.2, -0.15) is 0 Å². The van der Waals surface area contributed by atoms with Crippen LogP contribution in [0.25, 0.3) is 10.8 Å². The summed E-state index contributed by atoms with van der Waals surface area (Å²) in [6.45, 7) is 2.29. The molecule has 0 heterocycles. The van der Waals surface area contributed by atoms with E-state index in [4.69, 9.17) is 4.74 Å². The van der Waals surface area contributed by atoms with Crippen LogP contribution in [-0.2, 0) is 4.79 Å². The fourth-order valence-electron chi connectivity index (χ4n) is 1.84. The van der Waals surface area contributed by atoms with Gasteiger partial charge in [0.05, 0.1) is 12.2 Å². The molecule has 86 valence electrons. The predicted molar refractivity (Wildman–Crippen MR) is 65.5 cm³/mol. The van der Waals surface area contributed by atoms with E-state index in [1.54, 1.807) is 6.07 Å². The molecule has 2 rings (SSSR count). The molecule has 0 unspecified atom stereocenters. The van der Waals surface area contributed by atoms with Crippen molar-refractivity contribution in [1.29, 1.82) is 0 Å². The molecule has 0 spiro atoms. The fraction of sp³-hybridized carbons (Fsp3) is 0.143. The topological polar surface area (TPSA) is 43.4 Å². The summed E-state index contributed by atoms with van der Waals surface area (Å²) in [5.41, 5.74) is 0.347. The van der Waals surface area contributed by atoms with E-state index in [1.165, 1.54) is 0 Å². The van der Waals surface area contributed by atoms with Gasteiger partial charge in [0.15, 0.2) is 6.29 Å². The molecule has 17 heavy (non-hydrogen) atoms. The lowest BCUT2D eigenvalue weighted by molar-refractivity contribution is -0.104. The summed E-state index contributed by atoms with van der Waals surface area (Å²) in [7, 11) is 0. The summed E-state index contributed by atoms with van der Waals surface area (Å²) in [5, 5.41) is 1.66. The Morgan fingerprint density at radius 2 is 2.00 bits per heavy atom. The van der Waals surface area contributed by atoms with Gasteiger partial charge in [0.2, 0.25) is 5.78 Å². The number of ether oxygens (including phenoxy) is 1. The van der Waals surface area contributed by atoms with Crippen LogP contribution in [0.15, 0.2) is 36.4 Å². The summed E-state index contributed by atoms with van der Waals surface area (Å²) in [6.07, 6.45) is 0.324. The lowest BCUT2D eigenvalue weighted by Crippen LogP contribution is -2.05. The molecule has 0 fully saturated rings. The molecule has 0 N–H and O–H groups in total. The fourth-order valence-corrected chi connectivity index (χ4v) is 1.84. The predicted octanol–water partition coefficient (Wildman–Crippen LogP) is 2.62. The van der Waals surface area contributed by atoms with Gasteiger partial charge in [0.1, 0.15) is 5.75 Å². The highest BCUT2D eigenvalue weighted by Crippen LogP contribution is 2.28. The first-order chi connectivity index (χ1) is 8.27. The van der Waals surface area contributed by atoms with Gasteiger partial charge in [0.25, 0.3) is 0 Å². The maximum Gasteiger partial charge on any atom is 0.229 e. The molecule has 3 nitrogen and oxygen atoms in total. The smallest absolute Gasteiger partial charge is 0.229 e. The lowest BCUT2D eigenvalue weighted by Gasteiger charge is -2.10. The standard InChI is InChI=1S/C14H12O3/c1-2-17-13-8-7-10-5-3-4-6-11(10)14(13)12(16)9-15/h3-9H,2H2,1H3. The highest BCUT2D eigenvalue weighted by Gasteiger charge is 2.15. The second-order valence-electron chi connectivity index (χ2n) is 3.57. The minimum atomic E-state index is -0.551. The van der Waals surface area contributed by atoms with Crippen LogP contribution in [0.2, 0.25) is 0 Å². The van der Waals surface area contributed by atoms with Crippen LogP contribution in [0, 0.1) is 0 Å². The minimum absolute atomic E-state index is 0.324. The van der Waals surface area contributed by atoms with E-state index in [2.05, 4.69) is 0 Å². The number of fused-ring (bicyclic) bond motifs is 1. The van der Waals surface area contributed by atoms with Gasteiger partial charge in [-0.15, -0.1) is 0 Å². The van der Waals surface area contributed by atoms with Gasteiger partial charge in [-0.1, -0.05) is 30.3 Å². The third kappa shape index (κ3) is 2.04. The van der Waals surface area contributed by atoms with Crippen molar-refractivity contribution in [2.45, 2.75) is 6.92 Å². The summed E-state index contributed by atoms with van der Waals surface area (Å²) in [4.78, 5) is 22.4. The highest BCUT2D eigenvalue weighted by molar-refractivity contribution is 6.37. The van der Waals surface area contributed by atoms with E-state index in [-0.39, 0.29) is 0 Å². The van der Waals surface area contributed by atoms with Crippen molar-refractivity contribution >= 4 is 22.8 Å². The van der Waals surface area contributed by atoms with E-state index < -0.39 is 5.78 Å². The van der Waals surface area contributed by atoms with Crippen molar-refractivity contribution in [2.75, 3.05) is 6.61 Å². The Balaban J connectivity index is 2.74. The first-order valence-corrected chi connectivity index (χ1v) is 5.42. The number of benzene rings is 2. The van der Waals surface area contributed by atoms with E-state index in [0.29, 0.717) is 24.2 Å². The van der Waals surface area contributed by atoms with Crippen LogP contribution in [0.3, 0.4) is 0 Å². The van der Waals surface area contributed by atoms with Gasteiger partial charge in [0, 0.05) is 0 Å². The molecule has 0 atom stereocenters. The molecule has 0 saturated carbocycles. The van der Waals surface area contributed by atoms with E-state index in [1.807, 2.05) is 37.3 Å². The lowest BCUT2D eigenvalue weighted by atomic mass is 10.0. The molecule has 0 aromatic heterocycles. The summed E-state index contributed by atoms with van der Waals surface area (Å²) in [5.74, 6) is -0.0893. The minimum Gasteiger partial charge on any atom is -0.493 e. The third-order valence-electron chi connectivity index (χ3n) is 2.54. The third-order valence-corrected chi connectivity index (χ3v) is 2.54. The van der Waals surface area contributed by atoms with Crippen molar-refractivity contribution < 1.29 is 14.3 Å². The number of Topliss-reactive ketones (excluding diaryl/α,β-unsaturated/α-hetero) is 1. The zero-order valence-electron chi connectivity index (χ0n) is 9.47. The molecule has 0 aliphatic carbocycles. The molecule has 2 aromatic carbocycles. The van der Waals surface area contributed by atoms with E-state index >= 15 is 0 Å². The molecule has 0 saturated heterocycles. The molecule has 0 radical (unpaired) electrons. The Morgan fingerprint density at radius 1 is 1.24 bits per heavy atom. The average Bonchev–Trinajstić information content (AvgIpc) is 2.38. The highest BCUT2D eigenvalue weighted by atomic mass is 16.5. The van der Waals surface area contributed by atoms with Gasteiger partial charge in [-0.3, -0.25) is 9.59 Å². The van der Waals surface area contributed by atoms with E-state index in [9.17, 15) is 9.59 Å². The SMILES string of the molecule is CCOc1ccc2ccccc2c1C(=O)C=O. The Labute approximate surface area is 99.0 Å². The van der Waals surface area contributed by atoms with Gasteiger partial charge in [-0.05, 0) is 23.8 Å². The molecule has 2 aromatic rings. The van der Waals surface area contributed by atoms with Crippen LogP contribution in [0.4, 0.5) is 0 Å². The average molecular weight is 228 g/mol. The molecule has 3 heteroatoms. The molecule has 0 amide bonds. The number of carbonyl (C=O) groups is 2. The first kappa shape index (κ1) is 11.3. The second-order valence-corrected chi connectivity index (χ2v) is 3.57. The Hall–Kier alpha value is -2.16. The zero-order chi connectivity index (χ0) is 12.3. The van der Waals surface area contributed by atoms with Gasteiger partial charge in [-0.25, -0.2) is 0 Å². The summed E-state index contributed by atoms with van der Waals surface area (Å²) < 4.78 is 5.39. The molecule has 0 aliphatic rings. The van der Waals surface area contributed by atoms with E-state index in [0.717, 1.165) is 10.8 Å². The van der Waals surface area contributed by atoms with Crippen molar-refractivity contribution in [2.24, 2.45) is 0 Å². The second kappa shape index (κ2) is 4.78. The van der Waals surface area contributed by atoms with Crippen LogP contribution in [-0.4, -0.2) is 18.7 Å². The molecule has 0 bridgehead atoms. The van der Waals surface area contributed by atoms with Gasteiger partial charge < -0.3 is 4.74 Å². The van der Waals surface area contributed by atoms with Crippen LogP contribution in [0.5, 0.6) is 5.75 Å². The number of hydrogen-bond donors (Lipinski definition) is 0. The van der Waals surface area contributed by atoms with Crippen LogP contribution >= 0.6 is 0 Å². The Morgan fingerprint density at radius 3 is 2.71 bits per heavy atom. The van der Waals surface area contributed by atoms with Crippen LogP contribution in [0.1, 0.15) is 17.3 Å². The van der Waals surface area contributed by atoms with Crippen molar-refractivity contribution in [3.8, 4) is 5.75 Å². The number of rotatable bonds is 4. The van der Waals surface area contributed by atoms with Crippen molar-refractivity contribution in [3.63, 3.8) is 0 Å². The summed E-state index contributed by atoms with van der Waals surface area (Å²) >= 11 is 0. The molecule has 0 aliphatic heterocycles. The normalized spacial score (nSPS) is 10.2. The quantitative estimate of drug-likeness (QED) is 0.459. The number of ketones is 1. The zero-order valence-corrected chi connectivity index (χ0v) is 9.47. The van der Waals surface area contributed by atoms with Crippen molar-refractivity contribution in [1.82, 2.24) is 0 Å². The Bertz CT molecular complexity index is 573. The number of carbonyl (C=O) groups excluding carboxylic acids is 2. The maximum atomic E-state index is 11.7. The van der Waals surface area contributed by atoms with Crippen LogP contribution < -0.4 is 4.74 Å². The largest absolute Gasteiger partial charge is 0.493 e. The monoisotopic (exact) mass is 228 g/mol. The number of aldehydes is 1.